The van der Waals surface area contributed by atoms with Gasteiger partial charge in [-0.3, -0.25) is 4.79 Å². The molecule has 1 aromatic carbocycles. The molecule has 0 spiro atoms. The third-order valence-corrected chi connectivity index (χ3v) is 4.64. The van der Waals surface area contributed by atoms with E-state index in [1.165, 1.54) is 0 Å². The highest BCUT2D eigenvalue weighted by atomic mass is 79.9. The minimum absolute atomic E-state index is 0.0259. The minimum Gasteiger partial charge on any atom is -0.396 e. The lowest BCUT2D eigenvalue weighted by Crippen LogP contribution is -2.45. The van der Waals surface area contributed by atoms with Gasteiger partial charge in [0.2, 0.25) is 15.9 Å². The van der Waals surface area contributed by atoms with E-state index in [1.807, 2.05) is 0 Å². The lowest BCUT2D eigenvalue weighted by molar-refractivity contribution is -0.121. The number of halogens is 2. The number of nitrogen functional groups attached to an aromatic ring is 1. The van der Waals surface area contributed by atoms with Gasteiger partial charge in [-0.05, 0) is 48.8 Å². The van der Waals surface area contributed by atoms with E-state index in [2.05, 4.69) is 26.0 Å². The fourth-order valence-electron chi connectivity index (χ4n) is 1.45. The normalized spacial score (nSPS) is 12.2. The zero-order chi connectivity index (χ0) is 16.4. The molecule has 0 atom stereocenters. The number of nitrogens with two attached hydrogens (primary N) is 1. The molecule has 0 saturated carbocycles. The molecular formula is C12H17BrFN3O3S. The van der Waals surface area contributed by atoms with Crippen molar-refractivity contribution in [3.05, 3.63) is 22.4 Å². The Labute approximate surface area is 131 Å². The molecule has 0 aliphatic rings. The highest BCUT2D eigenvalue weighted by Gasteiger charge is 2.22. The second kappa shape index (κ2) is 6.29. The van der Waals surface area contributed by atoms with Gasteiger partial charge in [-0.2, -0.15) is 0 Å². The first-order valence-electron chi connectivity index (χ1n) is 5.97. The van der Waals surface area contributed by atoms with Crippen LogP contribution in [-0.2, 0) is 14.8 Å². The van der Waals surface area contributed by atoms with Gasteiger partial charge in [0.15, 0.2) is 0 Å². The van der Waals surface area contributed by atoms with Crippen LogP contribution in [0, 0.1) is 5.82 Å². The number of rotatable bonds is 4. The van der Waals surface area contributed by atoms with Crippen LogP contribution in [-0.4, -0.2) is 26.4 Å². The molecule has 9 heteroatoms. The van der Waals surface area contributed by atoms with Gasteiger partial charge in [-0.15, -0.1) is 0 Å². The highest BCUT2D eigenvalue weighted by molar-refractivity contribution is 9.10. The number of sulfonamides is 1. The van der Waals surface area contributed by atoms with Gasteiger partial charge in [0, 0.05) is 10.0 Å². The molecule has 1 rings (SSSR count). The summed E-state index contributed by atoms with van der Waals surface area (Å²) in [6, 6.07) is 1.95. The van der Waals surface area contributed by atoms with Crippen molar-refractivity contribution in [3.8, 4) is 0 Å². The van der Waals surface area contributed by atoms with Crippen LogP contribution in [0.25, 0.3) is 0 Å². The van der Waals surface area contributed by atoms with Crippen LogP contribution in [0.15, 0.2) is 21.5 Å². The van der Waals surface area contributed by atoms with Crippen LogP contribution < -0.4 is 15.8 Å². The number of amides is 1. The predicted molar refractivity (Wildman–Crippen MR) is 81.6 cm³/mol. The van der Waals surface area contributed by atoms with Crippen molar-refractivity contribution in [2.75, 3.05) is 12.3 Å². The number of benzene rings is 1. The van der Waals surface area contributed by atoms with Crippen LogP contribution in [0.5, 0.6) is 0 Å². The van der Waals surface area contributed by atoms with Crippen LogP contribution >= 0.6 is 15.9 Å². The van der Waals surface area contributed by atoms with Crippen molar-refractivity contribution < 1.29 is 17.6 Å². The summed E-state index contributed by atoms with van der Waals surface area (Å²) in [6.07, 6.45) is 0. The van der Waals surface area contributed by atoms with Crippen molar-refractivity contribution in [1.82, 2.24) is 10.0 Å². The molecule has 0 unspecified atom stereocenters. The van der Waals surface area contributed by atoms with E-state index in [9.17, 15) is 17.6 Å². The quantitative estimate of drug-likeness (QED) is 0.685. The fraction of sp³-hybridized carbons (Fsp3) is 0.417. The van der Waals surface area contributed by atoms with E-state index in [1.54, 1.807) is 20.8 Å². The Hall–Kier alpha value is -1.19. The minimum atomic E-state index is -3.99. The fourth-order valence-corrected chi connectivity index (χ4v) is 3.48. The Bertz CT molecular complexity index is 656. The molecule has 0 aliphatic heterocycles. The molecule has 0 aliphatic carbocycles. The summed E-state index contributed by atoms with van der Waals surface area (Å²) < 4.78 is 39.6. The molecule has 0 heterocycles. The molecular weight excluding hydrogens is 365 g/mol. The van der Waals surface area contributed by atoms with E-state index in [4.69, 9.17) is 5.73 Å². The zero-order valence-corrected chi connectivity index (χ0v) is 14.2. The first-order chi connectivity index (χ1) is 9.42. The zero-order valence-electron chi connectivity index (χ0n) is 11.8. The lowest BCUT2D eigenvalue weighted by atomic mass is 10.1. The van der Waals surface area contributed by atoms with Crippen molar-refractivity contribution in [1.29, 1.82) is 0 Å². The largest absolute Gasteiger partial charge is 0.396 e. The van der Waals surface area contributed by atoms with Gasteiger partial charge < -0.3 is 11.1 Å². The van der Waals surface area contributed by atoms with Crippen LogP contribution in [0.3, 0.4) is 0 Å². The van der Waals surface area contributed by atoms with Crippen molar-refractivity contribution in [3.63, 3.8) is 0 Å². The molecule has 0 fully saturated rings. The average molecular weight is 382 g/mol. The predicted octanol–water partition coefficient (Wildman–Crippen LogP) is 1.36. The van der Waals surface area contributed by atoms with Gasteiger partial charge in [0.1, 0.15) is 5.82 Å². The van der Waals surface area contributed by atoms with E-state index in [0.717, 1.165) is 12.1 Å². The van der Waals surface area contributed by atoms with Gasteiger partial charge in [0.25, 0.3) is 0 Å². The Balaban J connectivity index is 2.88. The van der Waals surface area contributed by atoms with E-state index in [0.29, 0.717) is 0 Å². The maximum absolute atomic E-state index is 13.2. The first-order valence-corrected chi connectivity index (χ1v) is 8.25. The Kier molecular flexibility index (Phi) is 5.35. The summed E-state index contributed by atoms with van der Waals surface area (Å²) in [5.74, 6) is -1.21. The summed E-state index contributed by atoms with van der Waals surface area (Å²) in [5, 5.41) is 2.62. The maximum Gasteiger partial charge on any atom is 0.242 e. The number of hydrogen-bond donors (Lipinski definition) is 3. The highest BCUT2D eigenvalue weighted by Crippen LogP contribution is 2.26. The monoisotopic (exact) mass is 381 g/mol. The summed E-state index contributed by atoms with van der Waals surface area (Å²) in [7, 11) is -3.99. The standard InChI is InChI=1S/C12H17BrFN3O3S/c1-12(2,3)17-11(18)6-16-21(19,20)10-5-9(15)8(14)4-7(10)13/h4-5,16H,6,15H2,1-3H3,(H,17,18). The summed E-state index contributed by atoms with van der Waals surface area (Å²) in [4.78, 5) is 11.4. The van der Waals surface area contributed by atoms with Crippen molar-refractivity contribution in [2.24, 2.45) is 0 Å². The van der Waals surface area contributed by atoms with Gasteiger partial charge in [0.05, 0.1) is 17.1 Å². The molecule has 4 N–H and O–H groups in total. The maximum atomic E-state index is 13.2. The van der Waals surface area contributed by atoms with E-state index < -0.39 is 33.8 Å². The Morgan fingerprint density at radius 3 is 2.48 bits per heavy atom. The van der Waals surface area contributed by atoms with Crippen molar-refractivity contribution in [2.45, 2.75) is 31.2 Å². The van der Waals surface area contributed by atoms with Crippen LogP contribution in [0.4, 0.5) is 10.1 Å². The molecule has 0 aromatic heterocycles. The number of nitrogens with one attached hydrogen (secondary N) is 2. The second-order valence-electron chi connectivity index (χ2n) is 5.43. The van der Waals surface area contributed by atoms with Gasteiger partial charge in [-0.1, -0.05) is 0 Å². The van der Waals surface area contributed by atoms with Gasteiger partial charge in [-0.25, -0.2) is 17.5 Å². The van der Waals surface area contributed by atoms with E-state index in [-0.39, 0.29) is 15.1 Å². The number of carbonyl (C=O) groups is 1. The summed E-state index contributed by atoms with van der Waals surface area (Å²) in [6.45, 7) is 4.90. The molecule has 1 amide bonds. The second-order valence-corrected chi connectivity index (χ2v) is 8.02. The third kappa shape index (κ3) is 5.25. The topological polar surface area (TPSA) is 101 Å². The summed E-state index contributed by atoms with van der Waals surface area (Å²) in [5.41, 5.74) is 4.60. The third-order valence-electron chi connectivity index (χ3n) is 2.28. The smallest absolute Gasteiger partial charge is 0.242 e. The Morgan fingerprint density at radius 2 is 1.95 bits per heavy atom. The summed E-state index contributed by atoms with van der Waals surface area (Å²) >= 11 is 2.96. The van der Waals surface area contributed by atoms with Crippen LogP contribution in [0.1, 0.15) is 20.8 Å². The Morgan fingerprint density at radius 1 is 1.38 bits per heavy atom. The number of hydrogen-bond acceptors (Lipinski definition) is 4. The molecule has 0 bridgehead atoms. The molecule has 6 nitrogen and oxygen atoms in total. The van der Waals surface area contributed by atoms with Gasteiger partial charge >= 0.3 is 0 Å². The lowest BCUT2D eigenvalue weighted by Gasteiger charge is -2.20. The first kappa shape index (κ1) is 17.9. The van der Waals surface area contributed by atoms with E-state index >= 15 is 0 Å². The molecule has 118 valence electrons. The molecule has 0 saturated heterocycles. The molecule has 0 radical (unpaired) electrons. The molecule has 21 heavy (non-hydrogen) atoms. The van der Waals surface area contributed by atoms with Crippen LogP contribution in [0.2, 0.25) is 0 Å². The molecule has 1 aromatic rings. The SMILES string of the molecule is CC(C)(C)NC(=O)CNS(=O)(=O)c1cc(N)c(F)cc1Br. The van der Waals surface area contributed by atoms with Crippen molar-refractivity contribution >= 4 is 37.5 Å². The number of anilines is 1. The average Bonchev–Trinajstić information content (AvgIpc) is 2.29. The number of carbonyl (C=O) groups excluding carboxylic acids is 1.